The number of aliphatic hydroxyl groups excluding tert-OH is 10. The second kappa shape index (κ2) is 22.6. The summed E-state index contributed by atoms with van der Waals surface area (Å²) in [6, 6.07) is 10.4. The van der Waals surface area contributed by atoms with E-state index in [-0.39, 0.29) is 11.3 Å². The van der Waals surface area contributed by atoms with Gasteiger partial charge in [0.15, 0.2) is 42.2 Å². The molecule has 5 heterocycles. The zero-order valence-electron chi connectivity index (χ0n) is 38.5. The van der Waals surface area contributed by atoms with E-state index in [0.29, 0.717) is 5.56 Å². The summed E-state index contributed by atoms with van der Waals surface area (Å²) in [4.78, 5) is 28.3. The molecule has 404 valence electrons. The predicted octanol–water partition coefficient (Wildman–Crippen LogP) is -3.43. The predicted molar refractivity (Wildman–Crippen MR) is 240 cm³/mol. The molecule has 4 aliphatic rings. The second-order valence-electron chi connectivity index (χ2n) is 17.8. The van der Waals surface area contributed by atoms with E-state index < -0.39 is 193 Å². The maximum absolute atomic E-state index is 14.6. The van der Waals surface area contributed by atoms with Gasteiger partial charge < -0.3 is 124 Å². The molecular formula is C47H54O27. The molecule has 4 aliphatic heterocycles. The Bertz CT molecular complexity index is 2680. The SMILES string of the molecule is C[C@@H]1O[C@@H](OC[C@H]2O[C@@H](Oc3c(-c4ccc(O)c(O)c4)oc4cc(O)cc(O)c4c3=O)[C@H](OC(=O)C=Cc3ccc(O)cc3)[C@@H](O[C@H]3OC[C@H](O)[C@H](O)[C@H]3O)[C@@H]2O)[C@@H](O)[C@H](O[C@@H]2O[C@H](CO)[C@@H](O)[C@H](O)[C@H]2O)[C@H]1O. The molecule has 4 saturated heterocycles. The third-order valence-electron chi connectivity index (χ3n) is 12.7. The van der Waals surface area contributed by atoms with Crippen molar-refractivity contribution in [1.82, 2.24) is 0 Å². The van der Waals surface area contributed by atoms with Crippen molar-refractivity contribution in [2.24, 2.45) is 0 Å². The van der Waals surface area contributed by atoms with Gasteiger partial charge in [-0.05, 0) is 48.9 Å². The summed E-state index contributed by atoms with van der Waals surface area (Å²) in [5.74, 6) is -5.46. The zero-order valence-corrected chi connectivity index (χ0v) is 38.5. The molecule has 0 aliphatic carbocycles. The van der Waals surface area contributed by atoms with Crippen molar-refractivity contribution in [1.29, 1.82) is 0 Å². The Morgan fingerprint density at radius 1 is 0.649 bits per heavy atom. The topological polar surface area (TPSA) is 434 Å². The maximum atomic E-state index is 14.6. The van der Waals surface area contributed by atoms with E-state index >= 15 is 0 Å². The number of fused-ring (bicyclic) bond motifs is 1. The molecule has 19 atom stereocenters. The van der Waals surface area contributed by atoms with E-state index in [1.54, 1.807) is 0 Å². The first-order valence-electron chi connectivity index (χ1n) is 22.8. The van der Waals surface area contributed by atoms with E-state index in [9.17, 15) is 86.2 Å². The highest BCUT2D eigenvalue weighted by molar-refractivity contribution is 5.89. The number of hydrogen-bond donors (Lipinski definition) is 15. The molecule has 0 saturated carbocycles. The summed E-state index contributed by atoms with van der Waals surface area (Å²) in [6.45, 7) is -1.05. The molecule has 27 heteroatoms. The van der Waals surface area contributed by atoms with Gasteiger partial charge in [0.1, 0.15) is 108 Å². The molecular weight excluding hydrogens is 996 g/mol. The van der Waals surface area contributed by atoms with Crippen LogP contribution >= 0.6 is 0 Å². The van der Waals surface area contributed by atoms with Gasteiger partial charge in [-0.3, -0.25) is 4.79 Å². The summed E-state index contributed by atoms with van der Waals surface area (Å²) >= 11 is 0. The number of phenolic OH excluding ortho intramolecular Hbond substituents is 5. The van der Waals surface area contributed by atoms with Crippen LogP contribution in [0.15, 0.2) is 69.9 Å². The van der Waals surface area contributed by atoms with Crippen LogP contribution in [-0.2, 0) is 42.7 Å². The third kappa shape index (κ3) is 11.2. The summed E-state index contributed by atoms with van der Waals surface area (Å²) in [5.41, 5.74) is -1.43. The van der Waals surface area contributed by atoms with Crippen LogP contribution in [0.25, 0.3) is 28.4 Å². The highest BCUT2D eigenvalue weighted by atomic mass is 16.8. The minimum Gasteiger partial charge on any atom is -0.508 e. The van der Waals surface area contributed by atoms with Crippen LogP contribution < -0.4 is 10.2 Å². The highest BCUT2D eigenvalue weighted by Crippen LogP contribution is 2.41. The van der Waals surface area contributed by atoms with Crippen LogP contribution in [0.4, 0.5) is 0 Å². The van der Waals surface area contributed by atoms with E-state index in [1.807, 2.05) is 0 Å². The van der Waals surface area contributed by atoms with Gasteiger partial charge in [-0.2, -0.15) is 0 Å². The quantitative estimate of drug-likeness (QED) is 0.0332. The van der Waals surface area contributed by atoms with E-state index in [0.717, 1.165) is 36.4 Å². The number of esters is 1. The maximum Gasteiger partial charge on any atom is 0.331 e. The average molecular weight is 1050 g/mol. The summed E-state index contributed by atoms with van der Waals surface area (Å²) in [7, 11) is 0. The normalized spacial score (nSPS) is 35.7. The lowest BCUT2D eigenvalue weighted by molar-refractivity contribution is -0.365. The number of aliphatic hydroxyl groups is 10. The molecule has 74 heavy (non-hydrogen) atoms. The standard InChI is InChI=1S/C47H54O27/c1-16-30(56)40(72-46-37(63)35(61)32(58)26(13-48)69-46)38(64)45(67-16)66-15-27-33(59)41(73-44-36(62)31(57)24(54)14-65-44)43(71-28(55)9-4-17-2-6-19(49)7-3-17)47(70-27)74-42-34(60)29-23(53)11-20(50)12-25(29)68-39(42)18-5-8-21(51)22(52)10-18/h2-12,16,24,26-27,30-33,35-38,40-41,43-54,56-59,61-64H,13-15H2,1H3/t16-,24-,26+,27+,30-,31-,32+,33+,35-,36+,37+,38-,40+,41-,43+,44+,45+,46-,47-/m0/s1. The molecule has 4 aromatic rings. The van der Waals surface area contributed by atoms with Crippen molar-refractivity contribution in [2.45, 2.75) is 124 Å². The Hall–Kier alpha value is -5.80. The minimum absolute atomic E-state index is 0.0931. The number of phenols is 5. The van der Waals surface area contributed by atoms with Crippen molar-refractivity contribution in [3.05, 3.63) is 76.5 Å². The largest absolute Gasteiger partial charge is 0.508 e. The summed E-state index contributed by atoms with van der Waals surface area (Å²) in [5, 5.41) is 158. The monoisotopic (exact) mass is 1050 g/mol. The number of rotatable bonds is 14. The first-order chi connectivity index (χ1) is 35.1. The van der Waals surface area contributed by atoms with Crippen molar-refractivity contribution >= 4 is 23.0 Å². The molecule has 27 nitrogen and oxygen atoms in total. The van der Waals surface area contributed by atoms with Crippen LogP contribution in [0, 0.1) is 0 Å². The number of ether oxygens (including phenoxy) is 9. The molecule has 0 amide bonds. The molecule has 1 aromatic heterocycles. The fourth-order valence-electron chi connectivity index (χ4n) is 8.55. The fourth-order valence-corrected chi connectivity index (χ4v) is 8.55. The number of carbonyl (C=O) groups excluding carboxylic acids is 1. The molecule has 3 aromatic carbocycles. The van der Waals surface area contributed by atoms with Gasteiger partial charge in [-0.25, -0.2) is 4.79 Å². The number of aromatic hydroxyl groups is 5. The van der Waals surface area contributed by atoms with Gasteiger partial charge in [0.05, 0.1) is 25.9 Å². The number of benzene rings is 3. The third-order valence-corrected chi connectivity index (χ3v) is 12.7. The smallest absolute Gasteiger partial charge is 0.331 e. The fraction of sp³-hybridized carbons (Fsp3) is 0.489. The van der Waals surface area contributed by atoms with Gasteiger partial charge in [-0.1, -0.05) is 12.1 Å². The molecule has 0 bridgehead atoms. The lowest BCUT2D eigenvalue weighted by atomic mass is 9.97. The van der Waals surface area contributed by atoms with Gasteiger partial charge in [0.25, 0.3) is 0 Å². The van der Waals surface area contributed by atoms with Crippen LogP contribution in [0.5, 0.6) is 34.5 Å². The second-order valence-corrected chi connectivity index (χ2v) is 17.8. The number of carbonyl (C=O) groups is 1. The van der Waals surface area contributed by atoms with E-state index in [2.05, 4.69) is 0 Å². The Kier molecular flexibility index (Phi) is 16.6. The minimum atomic E-state index is -2.22. The first-order valence-corrected chi connectivity index (χ1v) is 22.8. The van der Waals surface area contributed by atoms with Crippen LogP contribution in [0.1, 0.15) is 12.5 Å². The van der Waals surface area contributed by atoms with Crippen molar-refractivity contribution < 1.29 is 128 Å². The number of hydrogen-bond acceptors (Lipinski definition) is 27. The van der Waals surface area contributed by atoms with E-state index in [1.165, 1.54) is 37.3 Å². The van der Waals surface area contributed by atoms with Gasteiger partial charge in [0, 0.05) is 23.8 Å². The molecule has 15 N–H and O–H groups in total. The first kappa shape index (κ1) is 54.5. The van der Waals surface area contributed by atoms with Crippen molar-refractivity contribution in [3.8, 4) is 45.8 Å². The molecule has 0 spiro atoms. The molecule has 0 radical (unpaired) electrons. The molecule has 0 unspecified atom stereocenters. The van der Waals surface area contributed by atoms with Crippen LogP contribution in [0.3, 0.4) is 0 Å². The Morgan fingerprint density at radius 2 is 1.34 bits per heavy atom. The van der Waals surface area contributed by atoms with Crippen LogP contribution in [0.2, 0.25) is 0 Å². The Labute approximate surface area is 416 Å². The molecule has 8 rings (SSSR count). The lowest BCUT2D eigenvalue weighted by Crippen LogP contribution is -2.66. The molecule has 4 fully saturated rings. The van der Waals surface area contributed by atoms with Gasteiger partial charge >= 0.3 is 5.97 Å². The van der Waals surface area contributed by atoms with Gasteiger partial charge in [0.2, 0.25) is 17.5 Å². The summed E-state index contributed by atoms with van der Waals surface area (Å²) in [6.07, 6.45) is -33.2. The average Bonchev–Trinajstić information content (AvgIpc) is 3.36. The van der Waals surface area contributed by atoms with E-state index in [4.69, 9.17) is 47.0 Å². The highest BCUT2D eigenvalue weighted by Gasteiger charge is 2.55. The zero-order chi connectivity index (χ0) is 53.4. The Morgan fingerprint density at radius 3 is 2.04 bits per heavy atom. The van der Waals surface area contributed by atoms with Gasteiger partial charge in [-0.15, -0.1) is 0 Å². The summed E-state index contributed by atoms with van der Waals surface area (Å²) < 4.78 is 58.4. The van der Waals surface area contributed by atoms with Crippen molar-refractivity contribution in [2.75, 3.05) is 19.8 Å². The van der Waals surface area contributed by atoms with Crippen LogP contribution in [-0.4, -0.2) is 219 Å². The van der Waals surface area contributed by atoms with Crippen molar-refractivity contribution in [3.63, 3.8) is 0 Å². The lowest BCUT2D eigenvalue weighted by Gasteiger charge is -2.47. The Balaban J connectivity index is 1.18.